The van der Waals surface area contributed by atoms with Gasteiger partial charge in [-0.2, -0.15) is 9.50 Å². The van der Waals surface area contributed by atoms with Gasteiger partial charge < -0.3 is 9.64 Å². The lowest BCUT2D eigenvalue weighted by atomic mass is 10.2. The standard InChI is InChI=1S/C23H24N4O2S/c1-4-26(5-2)18-11-7-16(8-12-18)15-20-22(28)27-23(30-20)24-21(25-27)17-9-13-19(14-10-17)29-6-3/h7-15H,4-6H2,1-3H3. The third-order valence-corrected chi connectivity index (χ3v) is 5.88. The van der Waals surface area contributed by atoms with E-state index in [4.69, 9.17) is 4.74 Å². The Bertz CT molecular complexity index is 1240. The quantitative estimate of drug-likeness (QED) is 0.457. The molecule has 0 saturated carbocycles. The number of rotatable bonds is 7. The van der Waals surface area contributed by atoms with Gasteiger partial charge in [0.05, 0.1) is 11.1 Å². The van der Waals surface area contributed by atoms with Crippen LogP contribution in [0.5, 0.6) is 5.75 Å². The monoisotopic (exact) mass is 420 g/mol. The summed E-state index contributed by atoms with van der Waals surface area (Å²) in [7, 11) is 0. The summed E-state index contributed by atoms with van der Waals surface area (Å²) in [6.07, 6.45) is 1.89. The van der Waals surface area contributed by atoms with E-state index in [-0.39, 0.29) is 5.56 Å². The minimum atomic E-state index is -0.146. The molecule has 0 saturated heterocycles. The fraction of sp³-hybridized carbons (Fsp3) is 0.261. The Morgan fingerprint density at radius 1 is 1.03 bits per heavy atom. The molecule has 2 heterocycles. The predicted octanol–water partition coefficient (Wildman–Crippen LogP) is 3.61. The van der Waals surface area contributed by atoms with E-state index in [1.807, 2.05) is 49.4 Å². The number of anilines is 1. The summed E-state index contributed by atoms with van der Waals surface area (Å²) < 4.78 is 7.47. The largest absolute Gasteiger partial charge is 0.494 e. The SMILES string of the molecule is CCOc1ccc(-c2nc3sc(=Cc4ccc(N(CC)CC)cc4)c(=O)n3n2)cc1. The van der Waals surface area contributed by atoms with Crippen LogP contribution in [0.15, 0.2) is 53.3 Å². The van der Waals surface area contributed by atoms with Crippen LogP contribution in [0.2, 0.25) is 0 Å². The van der Waals surface area contributed by atoms with Crippen molar-refractivity contribution in [2.24, 2.45) is 0 Å². The maximum absolute atomic E-state index is 12.8. The van der Waals surface area contributed by atoms with E-state index in [0.717, 1.165) is 30.0 Å². The van der Waals surface area contributed by atoms with Crippen molar-refractivity contribution in [3.05, 3.63) is 69.0 Å². The zero-order chi connectivity index (χ0) is 21.1. The van der Waals surface area contributed by atoms with Crippen LogP contribution in [0.25, 0.3) is 22.4 Å². The van der Waals surface area contributed by atoms with Gasteiger partial charge in [-0.1, -0.05) is 23.5 Å². The van der Waals surface area contributed by atoms with Gasteiger partial charge in [-0.3, -0.25) is 4.79 Å². The van der Waals surface area contributed by atoms with Gasteiger partial charge in [0, 0.05) is 24.3 Å². The molecule has 0 amide bonds. The van der Waals surface area contributed by atoms with Crippen molar-refractivity contribution < 1.29 is 4.74 Å². The first-order chi connectivity index (χ1) is 14.6. The molecule has 0 aliphatic heterocycles. The Morgan fingerprint density at radius 3 is 2.33 bits per heavy atom. The lowest BCUT2D eigenvalue weighted by Gasteiger charge is -2.20. The Morgan fingerprint density at radius 2 is 1.73 bits per heavy atom. The lowest BCUT2D eigenvalue weighted by Crippen LogP contribution is -2.23. The van der Waals surface area contributed by atoms with Crippen molar-refractivity contribution in [3.8, 4) is 17.1 Å². The van der Waals surface area contributed by atoms with Gasteiger partial charge in [0.25, 0.3) is 5.56 Å². The van der Waals surface area contributed by atoms with E-state index >= 15 is 0 Å². The molecule has 2 aromatic carbocycles. The fourth-order valence-corrected chi connectivity index (χ4v) is 4.25. The second kappa shape index (κ2) is 8.67. The summed E-state index contributed by atoms with van der Waals surface area (Å²) in [5, 5.41) is 4.42. The normalized spacial score (nSPS) is 11.9. The van der Waals surface area contributed by atoms with Gasteiger partial charge in [0.2, 0.25) is 4.96 Å². The zero-order valence-corrected chi connectivity index (χ0v) is 18.1. The molecule has 0 spiro atoms. The van der Waals surface area contributed by atoms with Crippen molar-refractivity contribution in [2.45, 2.75) is 20.8 Å². The first-order valence-electron chi connectivity index (χ1n) is 10.1. The molecule has 0 radical (unpaired) electrons. The number of nitrogens with zero attached hydrogens (tertiary/aromatic N) is 4. The van der Waals surface area contributed by atoms with Gasteiger partial charge in [0.15, 0.2) is 5.82 Å². The molecule has 4 aromatic rings. The average Bonchev–Trinajstić information content (AvgIpc) is 3.30. The number of ether oxygens (including phenoxy) is 1. The average molecular weight is 421 g/mol. The zero-order valence-electron chi connectivity index (χ0n) is 17.3. The Hall–Kier alpha value is -3.19. The summed E-state index contributed by atoms with van der Waals surface area (Å²) in [5.74, 6) is 1.34. The van der Waals surface area contributed by atoms with Crippen LogP contribution in [-0.2, 0) is 0 Å². The van der Waals surface area contributed by atoms with Crippen molar-refractivity contribution in [3.63, 3.8) is 0 Å². The molecule has 2 aromatic heterocycles. The molecule has 0 N–H and O–H groups in total. The van der Waals surface area contributed by atoms with Crippen LogP contribution < -0.4 is 19.7 Å². The lowest BCUT2D eigenvalue weighted by molar-refractivity contribution is 0.340. The highest BCUT2D eigenvalue weighted by molar-refractivity contribution is 7.15. The Kier molecular flexibility index (Phi) is 5.81. The van der Waals surface area contributed by atoms with Gasteiger partial charge in [-0.15, -0.1) is 5.10 Å². The van der Waals surface area contributed by atoms with Crippen LogP contribution >= 0.6 is 11.3 Å². The van der Waals surface area contributed by atoms with Crippen molar-refractivity contribution in [2.75, 3.05) is 24.6 Å². The molecule has 30 heavy (non-hydrogen) atoms. The molecule has 0 aliphatic carbocycles. The highest BCUT2D eigenvalue weighted by Crippen LogP contribution is 2.20. The number of thiazole rings is 1. The number of aromatic nitrogens is 3. The highest BCUT2D eigenvalue weighted by atomic mass is 32.1. The summed E-state index contributed by atoms with van der Waals surface area (Å²) >= 11 is 1.35. The number of benzene rings is 2. The minimum absolute atomic E-state index is 0.146. The number of hydrogen-bond donors (Lipinski definition) is 0. The summed E-state index contributed by atoms with van der Waals surface area (Å²) in [6, 6.07) is 15.8. The Balaban J connectivity index is 1.63. The van der Waals surface area contributed by atoms with Gasteiger partial charge in [0.1, 0.15) is 5.75 Å². The molecule has 0 unspecified atom stereocenters. The van der Waals surface area contributed by atoms with Crippen LogP contribution in [0.1, 0.15) is 26.3 Å². The van der Waals surface area contributed by atoms with Crippen LogP contribution in [0, 0.1) is 0 Å². The highest BCUT2D eigenvalue weighted by Gasteiger charge is 2.12. The second-order valence-electron chi connectivity index (χ2n) is 6.77. The van der Waals surface area contributed by atoms with E-state index in [1.54, 1.807) is 0 Å². The summed E-state index contributed by atoms with van der Waals surface area (Å²) in [4.78, 5) is 20.2. The van der Waals surface area contributed by atoms with E-state index in [0.29, 0.717) is 21.9 Å². The van der Waals surface area contributed by atoms with Crippen LogP contribution in [-0.4, -0.2) is 34.3 Å². The van der Waals surface area contributed by atoms with E-state index < -0.39 is 0 Å². The van der Waals surface area contributed by atoms with Gasteiger partial charge in [-0.05, 0) is 68.8 Å². The molecule has 4 rings (SSSR count). The van der Waals surface area contributed by atoms with E-state index in [9.17, 15) is 4.79 Å². The maximum Gasteiger partial charge on any atom is 0.291 e. The minimum Gasteiger partial charge on any atom is -0.494 e. The molecular formula is C23H24N4O2S. The summed E-state index contributed by atoms with van der Waals surface area (Å²) in [5.41, 5.74) is 2.88. The van der Waals surface area contributed by atoms with Crippen LogP contribution in [0.4, 0.5) is 5.69 Å². The molecule has 0 bridgehead atoms. The van der Waals surface area contributed by atoms with Gasteiger partial charge in [-0.25, -0.2) is 0 Å². The fourth-order valence-electron chi connectivity index (χ4n) is 3.34. The van der Waals surface area contributed by atoms with E-state index in [1.165, 1.54) is 21.5 Å². The third kappa shape index (κ3) is 3.93. The van der Waals surface area contributed by atoms with Crippen molar-refractivity contribution in [1.29, 1.82) is 0 Å². The Labute approximate surface area is 179 Å². The van der Waals surface area contributed by atoms with Gasteiger partial charge >= 0.3 is 0 Å². The summed E-state index contributed by atoms with van der Waals surface area (Å²) in [6.45, 7) is 8.79. The molecule has 154 valence electrons. The molecule has 6 nitrogen and oxygen atoms in total. The topological polar surface area (TPSA) is 59.7 Å². The second-order valence-corrected chi connectivity index (χ2v) is 7.78. The molecule has 0 atom stereocenters. The van der Waals surface area contributed by atoms with Crippen molar-refractivity contribution >= 4 is 28.1 Å². The molecule has 7 heteroatoms. The first kappa shape index (κ1) is 20.1. The number of fused-ring (bicyclic) bond motifs is 1. The van der Waals surface area contributed by atoms with E-state index in [2.05, 4.69) is 41.0 Å². The van der Waals surface area contributed by atoms with Crippen LogP contribution in [0.3, 0.4) is 0 Å². The maximum atomic E-state index is 12.8. The smallest absolute Gasteiger partial charge is 0.291 e. The molecule has 0 aliphatic rings. The number of hydrogen-bond acceptors (Lipinski definition) is 6. The molecular weight excluding hydrogens is 396 g/mol. The molecule has 0 fully saturated rings. The predicted molar refractivity (Wildman–Crippen MR) is 123 cm³/mol. The first-order valence-corrected chi connectivity index (χ1v) is 10.9. The van der Waals surface area contributed by atoms with Crippen molar-refractivity contribution in [1.82, 2.24) is 14.6 Å². The third-order valence-electron chi connectivity index (χ3n) is 4.92.